The summed E-state index contributed by atoms with van der Waals surface area (Å²) in [5, 5.41) is 14.6. The maximum atomic E-state index is 14.6. The van der Waals surface area contributed by atoms with Crippen LogP contribution in [-0.4, -0.2) is 39.4 Å². The van der Waals surface area contributed by atoms with Crippen LogP contribution in [0.15, 0.2) is 16.7 Å². The fourth-order valence-electron chi connectivity index (χ4n) is 6.83. The van der Waals surface area contributed by atoms with E-state index in [1.807, 2.05) is 0 Å². The highest BCUT2D eigenvalue weighted by molar-refractivity contribution is 7.22. The molecule has 4 heterocycles. The number of carboxylic acid groups (broad SMARTS) is 1. The molecule has 9 heteroatoms. The molecule has 1 N–H and O–H groups in total. The first-order chi connectivity index (χ1) is 18.0. The van der Waals surface area contributed by atoms with Gasteiger partial charge in [-0.1, -0.05) is 35.8 Å². The molecule has 3 aromatic rings. The average Bonchev–Trinajstić information content (AvgIpc) is 3.40. The van der Waals surface area contributed by atoms with E-state index in [1.165, 1.54) is 67.9 Å². The fraction of sp³-hybridized carbons (Fsp3) is 0.607. The second kappa shape index (κ2) is 9.34. The van der Waals surface area contributed by atoms with Crippen molar-refractivity contribution in [2.45, 2.75) is 107 Å². The van der Waals surface area contributed by atoms with E-state index in [2.05, 4.69) is 15.0 Å². The van der Waals surface area contributed by atoms with Crippen molar-refractivity contribution in [3.05, 3.63) is 40.5 Å². The number of carbonyl (C=O) groups is 1. The van der Waals surface area contributed by atoms with Crippen LogP contribution in [0.2, 0.25) is 0 Å². The minimum atomic E-state index is -1.13. The smallest absolute Gasteiger partial charge is 0.335 e. The lowest BCUT2D eigenvalue weighted by molar-refractivity contribution is 0.0141. The van der Waals surface area contributed by atoms with E-state index in [9.17, 15) is 14.3 Å². The molecule has 2 aliphatic heterocycles. The molecule has 196 valence electrons. The Kier molecular flexibility index (Phi) is 5.96. The largest absolute Gasteiger partial charge is 0.478 e. The van der Waals surface area contributed by atoms with Crippen LogP contribution in [0.4, 0.5) is 9.52 Å². The molecule has 2 saturated heterocycles. The number of fused-ring (bicyclic) bond motifs is 3. The van der Waals surface area contributed by atoms with E-state index >= 15 is 0 Å². The quantitative estimate of drug-likeness (QED) is 0.364. The highest BCUT2D eigenvalue weighted by Crippen LogP contribution is 2.46. The van der Waals surface area contributed by atoms with Gasteiger partial charge in [-0.25, -0.2) is 14.2 Å². The summed E-state index contributed by atoms with van der Waals surface area (Å²) in [5.74, 6) is 0.387. The van der Waals surface area contributed by atoms with Crippen LogP contribution >= 0.6 is 11.3 Å². The van der Waals surface area contributed by atoms with Gasteiger partial charge in [0.2, 0.25) is 0 Å². The molecular formula is C28H32FN3O4S. The summed E-state index contributed by atoms with van der Waals surface area (Å²) < 4.78 is 27.7. The lowest BCUT2D eigenvalue weighted by Gasteiger charge is -2.38. The van der Waals surface area contributed by atoms with Crippen LogP contribution < -0.4 is 4.90 Å². The van der Waals surface area contributed by atoms with Crippen molar-refractivity contribution in [1.82, 2.24) is 10.1 Å². The molecule has 2 bridgehead atoms. The van der Waals surface area contributed by atoms with Crippen molar-refractivity contribution in [3.8, 4) is 0 Å². The van der Waals surface area contributed by atoms with Gasteiger partial charge in [0, 0.05) is 29.5 Å². The van der Waals surface area contributed by atoms with E-state index in [0.717, 1.165) is 48.3 Å². The topological polar surface area (TPSA) is 88.7 Å². The van der Waals surface area contributed by atoms with Crippen molar-refractivity contribution in [2.24, 2.45) is 0 Å². The first-order valence-electron chi connectivity index (χ1n) is 13.8. The van der Waals surface area contributed by atoms with Gasteiger partial charge in [0.1, 0.15) is 11.3 Å². The predicted molar refractivity (Wildman–Crippen MR) is 138 cm³/mol. The highest BCUT2D eigenvalue weighted by Gasteiger charge is 2.43. The second-order valence-electron chi connectivity index (χ2n) is 11.3. The number of hydrogen-bond donors (Lipinski definition) is 1. The van der Waals surface area contributed by atoms with Gasteiger partial charge in [0.05, 0.1) is 28.7 Å². The van der Waals surface area contributed by atoms with Crippen LogP contribution in [-0.2, 0) is 11.3 Å². The zero-order valence-corrected chi connectivity index (χ0v) is 21.6. The van der Waals surface area contributed by atoms with E-state index < -0.39 is 11.8 Å². The fourth-order valence-corrected chi connectivity index (χ4v) is 7.99. The van der Waals surface area contributed by atoms with Gasteiger partial charge in [-0.3, -0.25) is 0 Å². The lowest BCUT2D eigenvalue weighted by Crippen LogP contribution is -2.45. The number of nitrogens with zero attached hydrogens (tertiary/aromatic N) is 3. The third kappa shape index (κ3) is 4.34. The van der Waals surface area contributed by atoms with Crippen LogP contribution in [0, 0.1) is 5.82 Å². The van der Waals surface area contributed by atoms with Crippen molar-refractivity contribution in [3.63, 3.8) is 0 Å². The number of thiazole rings is 1. The zero-order valence-electron chi connectivity index (χ0n) is 20.8. The molecule has 2 saturated carbocycles. The SMILES string of the molecule is O=C(O)c1cc(F)c2nc(N3[C@@H]4CC[C@H]3CC(OCc3c(C5CCCCC5)noc3C3CC3)C4)sc2c1. The molecule has 1 unspecified atom stereocenters. The zero-order chi connectivity index (χ0) is 25.1. The van der Waals surface area contributed by atoms with Crippen molar-refractivity contribution >= 4 is 32.7 Å². The number of carboxylic acids is 1. The summed E-state index contributed by atoms with van der Waals surface area (Å²) in [6.07, 6.45) is 12.8. The molecule has 0 radical (unpaired) electrons. The Hall–Kier alpha value is -2.52. The van der Waals surface area contributed by atoms with Crippen molar-refractivity contribution in [2.75, 3.05) is 4.90 Å². The number of aromatic nitrogens is 2. The minimum absolute atomic E-state index is 0.0396. The molecule has 2 aliphatic carbocycles. The van der Waals surface area contributed by atoms with Crippen molar-refractivity contribution < 1.29 is 23.6 Å². The van der Waals surface area contributed by atoms with Gasteiger partial charge < -0.3 is 19.3 Å². The van der Waals surface area contributed by atoms with Gasteiger partial charge >= 0.3 is 5.97 Å². The average molecular weight is 526 g/mol. The maximum Gasteiger partial charge on any atom is 0.335 e. The van der Waals surface area contributed by atoms with Gasteiger partial charge in [-0.2, -0.15) is 0 Å². The maximum absolute atomic E-state index is 14.6. The van der Waals surface area contributed by atoms with Gasteiger partial charge in [0.25, 0.3) is 0 Å². The normalized spacial score (nSPS) is 26.3. The molecule has 7 nitrogen and oxygen atoms in total. The Morgan fingerprint density at radius 1 is 1.08 bits per heavy atom. The molecule has 7 rings (SSSR count). The summed E-state index contributed by atoms with van der Waals surface area (Å²) in [6, 6.07) is 3.19. The molecule has 3 atom stereocenters. The molecule has 0 spiro atoms. The first-order valence-corrected chi connectivity index (χ1v) is 14.6. The number of benzene rings is 1. The Balaban J connectivity index is 1.07. The molecule has 2 aromatic heterocycles. The number of ether oxygens (including phenoxy) is 1. The van der Waals surface area contributed by atoms with Crippen LogP contribution in [0.5, 0.6) is 0 Å². The summed E-state index contributed by atoms with van der Waals surface area (Å²) >= 11 is 1.39. The van der Waals surface area contributed by atoms with E-state index in [0.29, 0.717) is 35.2 Å². The number of aromatic carboxylic acids is 1. The summed E-state index contributed by atoms with van der Waals surface area (Å²) in [5.41, 5.74) is 2.60. The molecule has 4 aliphatic rings. The number of anilines is 1. The molecule has 1 aromatic carbocycles. The predicted octanol–water partition coefficient (Wildman–Crippen LogP) is 6.76. The van der Waals surface area contributed by atoms with Crippen LogP contribution in [0.3, 0.4) is 0 Å². The van der Waals surface area contributed by atoms with Gasteiger partial charge in [0.15, 0.2) is 10.9 Å². The molecule has 4 fully saturated rings. The number of halogens is 1. The summed E-state index contributed by atoms with van der Waals surface area (Å²) in [6.45, 7) is 0.579. The second-order valence-corrected chi connectivity index (χ2v) is 12.3. The lowest BCUT2D eigenvalue weighted by atomic mass is 9.85. The van der Waals surface area contributed by atoms with E-state index in [4.69, 9.17) is 9.26 Å². The standard InChI is InChI=1S/C28H32FN3O4S/c29-22-10-17(27(33)34)11-23-25(22)30-28(37-23)32-18-8-9-19(32)13-20(12-18)35-14-21-24(15-4-2-1-3-5-15)31-36-26(21)16-6-7-16/h10-11,15-16,18-20H,1-9,12-14H2,(H,33,34)/t18-,19+,20?. The summed E-state index contributed by atoms with van der Waals surface area (Å²) in [4.78, 5) is 18.3. The third-order valence-electron chi connectivity index (χ3n) is 8.85. The van der Waals surface area contributed by atoms with E-state index in [1.54, 1.807) is 0 Å². The Labute approximate surface area is 219 Å². The van der Waals surface area contributed by atoms with Gasteiger partial charge in [-0.15, -0.1) is 0 Å². The van der Waals surface area contributed by atoms with Crippen molar-refractivity contribution in [1.29, 1.82) is 0 Å². The van der Waals surface area contributed by atoms with Crippen LogP contribution in [0.25, 0.3) is 10.2 Å². The monoisotopic (exact) mass is 525 g/mol. The molecular weight excluding hydrogens is 493 g/mol. The Morgan fingerprint density at radius 2 is 1.84 bits per heavy atom. The summed E-state index contributed by atoms with van der Waals surface area (Å²) in [7, 11) is 0. The Morgan fingerprint density at radius 3 is 2.54 bits per heavy atom. The molecule has 37 heavy (non-hydrogen) atoms. The first kappa shape index (κ1) is 23.6. The van der Waals surface area contributed by atoms with Crippen LogP contribution in [0.1, 0.15) is 110 Å². The number of piperidine rings is 1. The Bertz CT molecular complexity index is 1310. The van der Waals surface area contributed by atoms with E-state index in [-0.39, 0.29) is 17.2 Å². The highest BCUT2D eigenvalue weighted by atomic mass is 32.1. The number of hydrogen-bond acceptors (Lipinski definition) is 7. The third-order valence-corrected chi connectivity index (χ3v) is 9.86. The van der Waals surface area contributed by atoms with Gasteiger partial charge in [-0.05, 0) is 63.5 Å². The molecule has 0 amide bonds. The minimum Gasteiger partial charge on any atom is -0.478 e. The number of rotatable bonds is 7.